The van der Waals surface area contributed by atoms with Crippen LogP contribution in [-0.4, -0.2) is 19.6 Å². The molecule has 0 saturated heterocycles. The molecule has 2 N–H and O–H groups in total. The third-order valence-corrected chi connectivity index (χ3v) is 1.86. The molecule has 4 heteroatoms. The Morgan fingerprint density at radius 2 is 2.29 bits per heavy atom. The van der Waals surface area contributed by atoms with Crippen molar-refractivity contribution in [1.29, 1.82) is 0 Å². The highest BCUT2D eigenvalue weighted by Crippen LogP contribution is 2.13. The van der Waals surface area contributed by atoms with Crippen molar-refractivity contribution < 1.29 is 4.39 Å². The number of halogens is 1. The number of nitrogens with zero attached hydrogens (tertiary/aromatic N) is 2. The van der Waals surface area contributed by atoms with E-state index in [1.54, 1.807) is 24.1 Å². The van der Waals surface area contributed by atoms with Crippen LogP contribution in [0.1, 0.15) is 6.92 Å². The molecule has 1 rings (SSSR count). The molecule has 0 unspecified atom stereocenters. The predicted octanol–water partition coefficient (Wildman–Crippen LogP) is 1.60. The zero-order chi connectivity index (χ0) is 10.6. The van der Waals surface area contributed by atoms with Crippen molar-refractivity contribution in [3.8, 4) is 0 Å². The van der Waals surface area contributed by atoms with E-state index in [2.05, 4.69) is 4.99 Å². The normalized spacial score (nSPS) is 11.5. The molecule has 0 fully saturated rings. The largest absolute Gasteiger partial charge is 0.370 e. The summed E-state index contributed by atoms with van der Waals surface area (Å²) in [6, 6.07) is 6.23. The first-order chi connectivity index (χ1) is 6.65. The van der Waals surface area contributed by atoms with Crippen LogP contribution in [0.15, 0.2) is 29.3 Å². The van der Waals surface area contributed by atoms with Crippen molar-refractivity contribution >= 4 is 11.6 Å². The van der Waals surface area contributed by atoms with Crippen LogP contribution in [-0.2, 0) is 0 Å². The molecular formula is C10H14FN3. The molecular weight excluding hydrogens is 181 g/mol. The second-order valence-corrected chi connectivity index (χ2v) is 2.87. The summed E-state index contributed by atoms with van der Waals surface area (Å²) >= 11 is 0. The summed E-state index contributed by atoms with van der Waals surface area (Å²) in [6.07, 6.45) is 0. The van der Waals surface area contributed by atoms with Gasteiger partial charge in [0.1, 0.15) is 5.82 Å². The van der Waals surface area contributed by atoms with Gasteiger partial charge in [-0.05, 0) is 25.1 Å². The molecule has 0 atom stereocenters. The number of benzene rings is 1. The number of anilines is 1. The summed E-state index contributed by atoms with van der Waals surface area (Å²) in [5.41, 5.74) is 6.36. The average molecular weight is 195 g/mol. The monoisotopic (exact) mass is 195 g/mol. The second kappa shape index (κ2) is 4.60. The van der Waals surface area contributed by atoms with Gasteiger partial charge in [0.15, 0.2) is 5.96 Å². The molecule has 0 aliphatic rings. The van der Waals surface area contributed by atoms with Gasteiger partial charge in [-0.25, -0.2) is 4.39 Å². The maximum Gasteiger partial charge on any atom is 0.195 e. The molecule has 0 saturated carbocycles. The van der Waals surface area contributed by atoms with Crippen molar-refractivity contribution in [2.24, 2.45) is 10.7 Å². The summed E-state index contributed by atoms with van der Waals surface area (Å²) < 4.78 is 12.9. The highest BCUT2D eigenvalue weighted by Gasteiger charge is 2.04. The van der Waals surface area contributed by atoms with Gasteiger partial charge in [-0.1, -0.05) is 6.07 Å². The number of rotatable bonds is 2. The lowest BCUT2D eigenvalue weighted by molar-refractivity contribution is 0.628. The van der Waals surface area contributed by atoms with Crippen LogP contribution in [0.5, 0.6) is 0 Å². The Balaban J connectivity index is 2.89. The molecule has 0 aromatic heterocycles. The smallest absolute Gasteiger partial charge is 0.195 e. The van der Waals surface area contributed by atoms with Gasteiger partial charge >= 0.3 is 0 Å². The minimum atomic E-state index is -0.279. The highest BCUT2D eigenvalue weighted by molar-refractivity contribution is 5.94. The lowest BCUT2D eigenvalue weighted by Gasteiger charge is -2.17. The third kappa shape index (κ3) is 2.45. The van der Waals surface area contributed by atoms with E-state index in [1.165, 1.54) is 12.1 Å². The maximum atomic E-state index is 12.9. The zero-order valence-corrected chi connectivity index (χ0v) is 8.37. The van der Waals surface area contributed by atoms with E-state index in [0.717, 1.165) is 0 Å². The Kier molecular flexibility index (Phi) is 3.45. The van der Waals surface area contributed by atoms with Gasteiger partial charge in [0.25, 0.3) is 0 Å². The van der Waals surface area contributed by atoms with Crippen LogP contribution < -0.4 is 10.6 Å². The fourth-order valence-corrected chi connectivity index (χ4v) is 1.09. The SMILES string of the molecule is CCN=C(N)N(C)c1cccc(F)c1. The molecule has 76 valence electrons. The zero-order valence-electron chi connectivity index (χ0n) is 8.37. The molecule has 1 aromatic rings. The van der Waals surface area contributed by atoms with E-state index >= 15 is 0 Å². The summed E-state index contributed by atoms with van der Waals surface area (Å²) in [6.45, 7) is 2.51. The lowest BCUT2D eigenvalue weighted by Crippen LogP contribution is -2.34. The molecule has 0 radical (unpaired) electrons. The molecule has 0 bridgehead atoms. The lowest BCUT2D eigenvalue weighted by atomic mass is 10.3. The predicted molar refractivity (Wildman–Crippen MR) is 57.0 cm³/mol. The summed E-state index contributed by atoms with van der Waals surface area (Å²) in [4.78, 5) is 5.67. The van der Waals surface area contributed by atoms with Crippen LogP contribution in [0.25, 0.3) is 0 Å². The van der Waals surface area contributed by atoms with Crippen LogP contribution in [0.4, 0.5) is 10.1 Å². The minimum absolute atomic E-state index is 0.279. The summed E-state index contributed by atoms with van der Waals surface area (Å²) in [7, 11) is 1.75. The molecule has 14 heavy (non-hydrogen) atoms. The van der Waals surface area contributed by atoms with Crippen molar-refractivity contribution in [1.82, 2.24) is 0 Å². The van der Waals surface area contributed by atoms with Gasteiger partial charge in [-0.2, -0.15) is 0 Å². The fourth-order valence-electron chi connectivity index (χ4n) is 1.09. The van der Waals surface area contributed by atoms with Crippen molar-refractivity contribution in [3.63, 3.8) is 0 Å². The third-order valence-electron chi connectivity index (χ3n) is 1.86. The Labute approximate surface area is 83.1 Å². The molecule has 0 aliphatic carbocycles. The molecule has 0 spiro atoms. The first-order valence-corrected chi connectivity index (χ1v) is 4.44. The van der Waals surface area contributed by atoms with Crippen LogP contribution in [0.3, 0.4) is 0 Å². The van der Waals surface area contributed by atoms with Crippen molar-refractivity contribution in [2.75, 3.05) is 18.5 Å². The number of hydrogen-bond acceptors (Lipinski definition) is 1. The van der Waals surface area contributed by atoms with E-state index in [9.17, 15) is 4.39 Å². The standard InChI is InChI=1S/C10H14FN3/c1-3-13-10(12)14(2)9-6-4-5-8(11)7-9/h4-7H,3H2,1-2H3,(H2,12,13). The van der Waals surface area contributed by atoms with Gasteiger partial charge in [0.2, 0.25) is 0 Å². The van der Waals surface area contributed by atoms with Crippen LogP contribution in [0.2, 0.25) is 0 Å². The van der Waals surface area contributed by atoms with Crippen molar-refractivity contribution in [2.45, 2.75) is 6.92 Å². The minimum Gasteiger partial charge on any atom is -0.370 e. The molecule has 0 heterocycles. The van der Waals surface area contributed by atoms with E-state index in [1.807, 2.05) is 6.92 Å². The Morgan fingerprint density at radius 1 is 1.57 bits per heavy atom. The Morgan fingerprint density at radius 3 is 2.86 bits per heavy atom. The summed E-state index contributed by atoms with van der Waals surface area (Å²) in [5.74, 6) is 0.108. The second-order valence-electron chi connectivity index (χ2n) is 2.87. The molecule has 1 aromatic carbocycles. The van der Waals surface area contributed by atoms with Gasteiger partial charge < -0.3 is 10.6 Å². The van der Waals surface area contributed by atoms with E-state index in [-0.39, 0.29) is 5.82 Å². The molecule has 0 aliphatic heterocycles. The van der Waals surface area contributed by atoms with Crippen molar-refractivity contribution in [3.05, 3.63) is 30.1 Å². The van der Waals surface area contributed by atoms with Gasteiger partial charge in [-0.15, -0.1) is 0 Å². The highest BCUT2D eigenvalue weighted by atomic mass is 19.1. The Hall–Kier alpha value is -1.58. The number of aliphatic imine (C=N–C) groups is 1. The number of nitrogens with two attached hydrogens (primary N) is 1. The quantitative estimate of drug-likeness (QED) is 0.575. The van der Waals surface area contributed by atoms with E-state index < -0.39 is 0 Å². The Bertz CT molecular complexity index is 336. The fraction of sp³-hybridized carbons (Fsp3) is 0.300. The first kappa shape index (κ1) is 10.5. The topological polar surface area (TPSA) is 41.6 Å². The van der Waals surface area contributed by atoms with Crippen LogP contribution >= 0.6 is 0 Å². The molecule has 0 amide bonds. The van der Waals surface area contributed by atoms with Gasteiger partial charge in [0.05, 0.1) is 0 Å². The van der Waals surface area contributed by atoms with Crippen LogP contribution in [0, 0.1) is 5.82 Å². The number of guanidine groups is 1. The number of hydrogen-bond donors (Lipinski definition) is 1. The van der Waals surface area contributed by atoms with E-state index in [4.69, 9.17) is 5.73 Å². The average Bonchev–Trinajstić information content (AvgIpc) is 2.17. The molecule has 3 nitrogen and oxygen atoms in total. The first-order valence-electron chi connectivity index (χ1n) is 4.44. The van der Waals surface area contributed by atoms with E-state index in [0.29, 0.717) is 18.2 Å². The maximum absolute atomic E-state index is 12.9. The summed E-state index contributed by atoms with van der Waals surface area (Å²) in [5, 5.41) is 0. The van der Waals surface area contributed by atoms with Gasteiger partial charge in [-0.3, -0.25) is 4.99 Å². The van der Waals surface area contributed by atoms with Gasteiger partial charge in [0, 0.05) is 19.3 Å².